The first-order valence-electron chi connectivity index (χ1n) is 37.7. The van der Waals surface area contributed by atoms with Crippen molar-refractivity contribution in [2.24, 2.45) is 0 Å². The van der Waals surface area contributed by atoms with E-state index in [1.165, 1.54) is 18.2 Å². The molecule has 0 spiro atoms. The van der Waals surface area contributed by atoms with Crippen LogP contribution in [0.25, 0.3) is 66.3 Å². The van der Waals surface area contributed by atoms with Gasteiger partial charge in [-0.3, -0.25) is 24.0 Å². The Labute approximate surface area is 674 Å². The van der Waals surface area contributed by atoms with Crippen molar-refractivity contribution in [2.75, 3.05) is 106 Å². The topological polar surface area (TPSA) is 353 Å². The third-order valence-electron chi connectivity index (χ3n) is 18.8. The molecular weight excluding hydrogens is 1510 g/mol. The largest absolute Gasteiger partial charge is 0.550 e. The maximum absolute atomic E-state index is 13.2. The summed E-state index contributed by atoms with van der Waals surface area (Å²) in [5.74, 6) is -3.08. The van der Waals surface area contributed by atoms with Gasteiger partial charge in [0.1, 0.15) is 50.6 Å². The second-order valence-corrected chi connectivity index (χ2v) is 28.5. The van der Waals surface area contributed by atoms with Crippen molar-refractivity contribution < 1.29 is 100 Å². The molecule has 3 fully saturated rings. The third-order valence-corrected chi connectivity index (χ3v) is 18.8. The van der Waals surface area contributed by atoms with E-state index in [1.807, 2.05) is 146 Å². The number of para-hydroxylation sites is 3. The molecule has 3 aliphatic heterocycles. The molecule has 0 N–H and O–H groups in total. The average molecular weight is 1600 g/mol. The van der Waals surface area contributed by atoms with Crippen molar-refractivity contribution >= 4 is 92.3 Å². The summed E-state index contributed by atoms with van der Waals surface area (Å²) < 4.78 is 64.0. The predicted octanol–water partition coefficient (Wildman–Crippen LogP) is 10.2. The highest BCUT2D eigenvalue weighted by Gasteiger charge is 2.42. The number of carboxylic acid groups (broad SMARTS) is 3. The number of morpholine rings is 3. The summed E-state index contributed by atoms with van der Waals surface area (Å²) in [4.78, 5) is 116. The number of hydrogen-bond acceptors (Lipinski definition) is 24. The number of aliphatic carboxylic acids is 3. The SMILES string of the molecule is CC(=O)[O-].CC(=O)[O-].CC(=O)[O-].CC(C)(C)OC(=O)CCC(=O)OC[N+]1(c2cc(=O)c3cccc(-c4ccccc4)c3o2)CCOCC1.COc1ccc(C(=O)OC[N+]2(c3cc(=O)c4cccc(-c5ccccc5)c4o3)CCOCC2)cc1.Cc1ccc(C(=O)OC[N+]2(c3cc(=O)c4cccc(-c5ccccc5)c4o3)CCOCC2)cc1. The summed E-state index contributed by atoms with van der Waals surface area (Å²) in [5, 5.41) is 28.2. The minimum Gasteiger partial charge on any atom is -0.550 e. The Morgan fingerprint density at radius 1 is 0.385 bits per heavy atom. The van der Waals surface area contributed by atoms with Crippen molar-refractivity contribution in [1.82, 2.24) is 13.4 Å². The van der Waals surface area contributed by atoms with Gasteiger partial charge >= 0.3 is 41.5 Å². The summed E-state index contributed by atoms with van der Waals surface area (Å²) in [6.45, 7) is 16.0. The van der Waals surface area contributed by atoms with E-state index in [1.54, 1.807) is 82.5 Å². The molecule has 117 heavy (non-hydrogen) atoms. The third kappa shape index (κ3) is 24.6. The van der Waals surface area contributed by atoms with Crippen LogP contribution in [-0.2, 0) is 57.1 Å². The van der Waals surface area contributed by atoms with E-state index >= 15 is 0 Å². The number of benzene rings is 8. The van der Waals surface area contributed by atoms with Crippen molar-refractivity contribution in [2.45, 2.75) is 66.9 Å². The average Bonchev–Trinajstić information content (AvgIpc) is 0.758. The molecule has 8 aromatic carbocycles. The lowest BCUT2D eigenvalue weighted by molar-refractivity contribution is -0.303. The van der Waals surface area contributed by atoms with E-state index in [-0.39, 0.29) is 62.8 Å². The summed E-state index contributed by atoms with van der Waals surface area (Å²) in [6.07, 6.45) is -0.157. The maximum Gasteiger partial charge on any atom is 0.342 e. The molecule has 11 aromatic rings. The van der Waals surface area contributed by atoms with Gasteiger partial charge in [0, 0.05) is 34.6 Å². The molecule has 3 aliphatic rings. The molecule has 0 unspecified atom stereocenters. The van der Waals surface area contributed by atoms with Crippen LogP contribution in [0.5, 0.6) is 5.75 Å². The van der Waals surface area contributed by atoms with Crippen LogP contribution < -0.4 is 49.8 Å². The zero-order valence-corrected chi connectivity index (χ0v) is 66.4. The van der Waals surface area contributed by atoms with Crippen LogP contribution in [0, 0.1) is 6.92 Å². The van der Waals surface area contributed by atoms with Crippen molar-refractivity contribution in [3.63, 3.8) is 0 Å². The number of esters is 4. The second kappa shape index (κ2) is 41.5. The zero-order valence-electron chi connectivity index (χ0n) is 66.4. The van der Waals surface area contributed by atoms with Crippen LogP contribution in [0.2, 0.25) is 0 Å². The van der Waals surface area contributed by atoms with Gasteiger partial charge in [-0.25, -0.2) is 23.0 Å². The number of carbonyl (C=O) groups is 7. The number of carbonyl (C=O) groups excluding carboxylic acids is 7. The number of rotatable bonds is 18. The molecule has 14 rings (SSSR count). The minimum atomic E-state index is -1.08. The lowest BCUT2D eigenvalue weighted by Crippen LogP contribution is -2.58. The predicted molar refractivity (Wildman–Crippen MR) is 434 cm³/mol. The molecule has 6 heterocycles. The summed E-state index contributed by atoms with van der Waals surface area (Å²) >= 11 is 0. The quantitative estimate of drug-likeness (QED) is 0.0437. The fourth-order valence-corrected chi connectivity index (χ4v) is 12.9. The standard InChI is InChI=1S/C28H32NO7.C28H26NO6.C28H26NO5.3C2H4O2/c1-28(2,3)36-26(32)13-12-25(31)34-19-29(14-16-33-17-15-29)24-18-23(30)22-11-7-10-21(27(22)35-24)20-8-5-4-6-9-20;1-32-22-12-10-21(11-13-22)28(31)34-19-29(14-16-33-17-15-29)26-18-25(30)24-9-5-8-23(27(24)35-26)20-6-3-2-4-7-20;1-20-10-12-22(13-11-20)28(31)33-19-29(14-16-32-17-15-29)26-18-25(30)24-9-5-8-23(27(24)34-26)21-6-3-2-4-7-21;3*1-2(3)4/h4-11,18H,12-17,19H2,1-3H3;2-13,18H,14-17,19H2,1H3;2-13,18H,14-17,19H2,1H3;3*1H3,(H,3,4)/q3*+1;;;/p-3. The van der Waals surface area contributed by atoms with E-state index in [0.29, 0.717) is 146 Å². The number of aryl methyl sites for hydroxylation is 1. The highest BCUT2D eigenvalue weighted by molar-refractivity contribution is 5.95. The van der Waals surface area contributed by atoms with Crippen molar-refractivity contribution in [1.29, 1.82) is 0 Å². The summed E-state index contributed by atoms with van der Waals surface area (Å²) in [6, 6.07) is 64.6. The van der Waals surface area contributed by atoms with Crippen LogP contribution in [0.4, 0.5) is 17.7 Å². The highest BCUT2D eigenvalue weighted by atomic mass is 16.6. The number of carboxylic acids is 3. The van der Waals surface area contributed by atoms with E-state index in [9.17, 15) is 33.6 Å². The fraction of sp³-hybridized carbons (Fsp3) is 0.289. The molecule has 612 valence electrons. The molecule has 0 bridgehead atoms. The Bertz CT molecular complexity index is 5370. The van der Waals surface area contributed by atoms with Gasteiger partial charge in [-0.1, -0.05) is 145 Å². The molecule has 0 amide bonds. The molecule has 3 saturated heterocycles. The zero-order chi connectivity index (χ0) is 84.3. The molecule has 0 aliphatic carbocycles. The number of quaternary nitrogens is 3. The monoisotopic (exact) mass is 1600 g/mol. The van der Waals surface area contributed by atoms with Gasteiger partial charge in [0.15, 0.2) is 33.0 Å². The smallest absolute Gasteiger partial charge is 0.342 e. The van der Waals surface area contributed by atoms with Crippen molar-refractivity contribution in [3.8, 4) is 39.1 Å². The van der Waals surface area contributed by atoms with Gasteiger partial charge in [-0.15, -0.1) is 0 Å². The van der Waals surface area contributed by atoms with Crippen LogP contribution in [-0.4, -0.2) is 154 Å². The van der Waals surface area contributed by atoms with Gasteiger partial charge in [-0.05, 0) is 120 Å². The molecule has 3 aromatic heterocycles. The van der Waals surface area contributed by atoms with Gasteiger partial charge in [-0.2, -0.15) is 0 Å². The first-order valence-corrected chi connectivity index (χ1v) is 37.7. The molecule has 27 nitrogen and oxygen atoms in total. The Morgan fingerprint density at radius 3 is 0.974 bits per heavy atom. The number of hydrogen-bond donors (Lipinski definition) is 0. The lowest BCUT2D eigenvalue weighted by atomic mass is 10.0. The fourth-order valence-electron chi connectivity index (χ4n) is 12.9. The Kier molecular flexibility index (Phi) is 31.3. The van der Waals surface area contributed by atoms with Crippen LogP contribution >= 0.6 is 0 Å². The van der Waals surface area contributed by atoms with E-state index < -0.39 is 47.4 Å². The van der Waals surface area contributed by atoms with Crippen LogP contribution in [0.3, 0.4) is 0 Å². The Hall–Kier alpha value is -12.8. The molecule has 0 atom stereocenters. The summed E-state index contributed by atoms with van der Waals surface area (Å²) in [7, 11) is 1.57. The van der Waals surface area contributed by atoms with Gasteiger partial charge < -0.3 is 80.8 Å². The number of nitrogens with zero attached hydrogens (tertiary/aromatic N) is 3. The van der Waals surface area contributed by atoms with Gasteiger partial charge in [0.05, 0.1) is 105 Å². The molecule has 0 saturated carbocycles. The minimum absolute atomic E-state index is 0.0240. The number of methoxy groups -OCH3 is 1. The maximum atomic E-state index is 13.2. The lowest BCUT2D eigenvalue weighted by Gasteiger charge is -2.37. The van der Waals surface area contributed by atoms with E-state index in [2.05, 4.69) is 0 Å². The first kappa shape index (κ1) is 88.2. The van der Waals surface area contributed by atoms with Gasteiger partial charge in [0.2, 0.25) is 20.2 Å². The highest BCUT2D eigenvalue weighted by Crippen LogP contribution is 2.37. The molecule has 0 radical (unpaired) electrons. The van der Waals surface area contributed by atoms with E-state index in [4.69, 9.17) is 80.8 Å². The van der Waals surface area contributed by atoms with Crippen LogP contribution in [0.15, 0.2) is 240 Å². The normalized spacial score (nSPS) is 14.3. The number of fused-ring (bicyclic) bond motifs is 3. The number of ether oxygens (including phenoxy) is 8. The Morgan fingerprint density at radius 2 is 0.675 bits per heavy atom. The molecule has 27 heteroatoms. The van der Waals surface area contributed by atoms with Gasteiger partial charge in [0.25, 0.3) is 0 Å². The van der Waals surface area contributed by atoms with E-state index in [0.717, 1.165) is 59.7 Å². The summed E-state index contributed by atoms with van der Waals surface area (Å²) in [5.41, 5.74) is 7.84. The molecular formula is C90H93N3O24. The second-order valence-electron chi connectivity index (χ2n) is 28.5. The van der Waals surface area contributed by atoms with Crippen molar-refractivity contribution in [3.05, 3.63) is 260 Å². The Balaban J connectivity index is 0.000000187. The first-order chi connectivity index (χ1) is 56.0. The van der Waals surface area contributed by atoms with Crippen LogP contribution in [0.1, 0.15) is 80.7 Å².